The molecule has 0 saturated heterocycles. The van der Waals surface area contributed by atoms with E-state index < -0.39 is 0 Å². The normalized spacial score (nSPS) is 11.0. The minimum atomic E-state index is -0.289. The van der Waals surface area contributed by atoms with E-state index in [0.29, 0.717) is 17.3 Å². The third kappa shape index (κ3) is 3.21. The van der Waals surface area contributed by atoms with Gasteiger partial charge in [0.15, 0.2) is 5.82 Å². The lowest BCUT2D eigenvalue weighted by Gasteiger charge is -2.09. The predicted octanol–water partition coefficient (Wildman–Crippen LogP) is 5.20. The SMILES string of the molecule is CCc1cc2c(Nc3cccc(F)c3)nc(-c3cccnc3)nc2s1. The first-order valence-electron chi connectivity index (χ1n) is 7.96. The minimum Gasteiger partial charge on any atom is -0.339 e. The van der Waals surface area contributed by atoms with Crippen molar-refractivity contribution in [1.82, 2.24) is 15.0 Å². The van der Waals surface area contributed by atoms with Crippen LogP contribution in [-0.4, -0.2) is 15.0 Å². The average molecular weight is 350 g/mol. The summed E-state index contributed by atoms with van der Waals surface area (Å²) in [5, 5.41) is 4.17. The fraction of sp³-hybridized carbons (Fsp3) is 0.105. The summed E-state index contributed by atoms with van der Waals surface area (Å²) >= 11 is 1.65. The molecule has 4 rings (SSSR count). The maximum absolute atomic E-state index is 13.5. The lowest BCUT2D eigenvalue weighted by Crippen LogP contribution is -1.98. The summed E-state index contributed by atoms with van der Waals surface area (Å²) in [5.74, 6) is 0.983. The molecule has 0 radical (unpaired) electrons. The quantitative estimate of drug-likeness (QED) is 0.550. The van der Waals surface area contributed by atoms with Gasteiger partial charge in [-0.1, -0.05) is 13.0 Å². The highest BCUT2D eigenvalue weighted by Crippen LogP contribution is 2.33. The molecule has 0 atom stereocenters. The Morgan fingerprint density at radius 1 is 1.12 bits per heavy atom. The molecule has 3 aromatic heterocycles. The summed E-state index contributed by atoms with van der Waals surface area (Å²) in [6, 6.07) is 12.2. The number of aromatic nitrogens is 3. The molecule has 0 aliphatic rings. The highest BCUT2D eigenvalue weighted by atomic mass is 32.1. The van der Waals surface area contributed by atoms with E-state index in [1.165, 1.54) is 17.0 Å². The van der Waals surface area contributed by atoms with Gasteiger partial charge in [-0.05, 0) is 42.8 Å². The molecule has 1 aromatic carbocycles. The van der Waals surface area contributed by atoms with E-state index in [1.807, 2.05) is 18.2 Å². The van der Waals surface area contributed by atoms with Crippen molar-refractivity contribution in [2.45, 2.75) is 13.3 Å². The third-order valence-corrected chi connectivity index (χ3v) is 4.97. The van der Waals surface area contributed by atoms with E-state index in [9.17, 15) is 4.39 Å². The first kappa shape index (κ1) is 15.7. The monoisotopic (exact) mass is 350 g/mol. The third-order valence-electron chi connectivity index (χ3n) is 3.80. The molecule has 124 valence electrons. The van der Waals surface area contributed by atoms with Crippen LogP contribution in [0.25, 0.3) is 21.6 Å². The number of halogens is 1. The molecule has 1 N–H and O–H groups in total. The molecule has 0 fully saturated rings. The van der Waals surface area contributed by atoms with Crippen LogP contribution in [0.4, 0.5) is 15.9 Å². The fourth-order valence-electron chi connectivity index (χ4n) is 2.57. The Morgan fingerprint density at radius 3 is 2.80 bits per heavy atom. The van der Waals surface area contributed by atoms with Crippen LogP contribution in [0.15, 0.2) is 54.9 Å². The zero-order chi connectivity index (χ0) is 17.2. The molecule has 0 aliphatic carbocycles. The van der Waals surface area contributed by atoms with Gasteiger partial charge in [0.1, 0.15) is 16.5 Å². The van der Waals surface area contributed by atoms with Gasteiger partial charge in [-0.2, -0.15) is 0 Å². The van der Waals surface area contributed by atoms with Crippen molar-refractivity contribution in [3.8, 4) is 11.4 Å². The number of fused-ring (bicyclic) bond motifs is 1. The molecule has 0 saturated carbocycles. The first-order valence-corrected chi connectivity index (χ1v) is 8.78. The van der Waals surface area contributed by atoms with Crippen molar-refractivity contribution in [3.63, 3.8) is 0 Å². The van der Waals surface area contributed by atoms with Crippen LogP contribution < -0.4 is 5.32 Å². The van der Waals surface area contributed by atoms with Gasteiger partial charge >= 0.3 is 0 Å². The summed E-state index contributed by atoms with van der Waals surface area (Å²) in [4.78, 5) is 15.6. The number of pyridine rings is 1. The van der Waals surface area contributed by atoms with Crippen LogP contribution in [0.2, 0.25) is 0 Å². The molecule has 4 aromatic rings. The number of rotatable bonds is 4. The van der Waals surface area contributed by atoms with Crippen LogP contribution in [-0.2, 0) is 6.42 Å². The van der Waals surface area contributed by atoms with Crippen molar-refractivity contribution >= 4 is 33.1 Å². The van der Waals surface area contributed by atoms with Gasteiger partial charge in [0.25, 0.3) is 0 Å². The Bertz CT molecular complexity index is 1030. The van der Waals surface area contributed by atoms with Gasteiger partial charge < -0.3 is 5.32 Å². The smallest absolute Gasteiger partial charge is 0.164 e. The second kappa shape index (κ2) is 6.57. The standard InChI is InChI=1S/C19H15FN4S/c1-2-15-10-16-18(22-14-7-3-6-13(20)9-14)23-17(24-19(16)25-15)12-5-4-8-21-11-12/h3-11H,2H2,1H3,(H,22,23,24). The molecule has 25 heavy (non-hydrogen) atoms. The molecule has 4 nitrogen and oxygen atoms in total. The topological polar surface area (TPSA) is 50.7 Å². The van der Waals surface area contributed by atoms with Gasteiger partial charge in [0.05, 0.1) is 5.39 Å². The van der Waals surface area contributed by atoms with E-state index in [2.05, 4.69) is 33.3 Å². The second-order valence-electron chi connectivity index (χ2n) is 5.56. The van der Waals surface area contributed by atoms with Gasteiger partial charge in [-0.15, -0.1) is 11.3 Å². The van der Waals surface area contributed by atoms with Gasteiger partial charge in [-0.3, -0.25) is 4.98 Å². The summed E-state index contributed by atoms with van der Waals surface area (Å²) < 4.78 is 13.5. The summed E-state index contributed by atoms with van der Waals surface area (Å²) in [6.07, 6.45) is 4.39. The van der Waals surface area contributed by atoms with Gasteiger partial charge in [0.2, 0.25) is 0 Å². The van der Waals surface area contributed by atoms with Crippen LogP contribution in [0.3, 0.4) is 0 Å². The maximum Gasteiger partial charge on any atom is 0.164 e. The maximum atomic E-state index is 13.5. The van der Waals surface area contributed by atoms with E-state index in [4.69, 9.17) is 0 Å². The number of nitrogens with one attached hydrogen (secondary N) is 1. The van der Waals surface area contributed by atoms with Crippen molar-refractivity contribution in [2.24, 2.45) is 0 Å². The predicted molar refractivity (Wildman–Crippen MR) is 99.7 cm³/mol. The molecule has 3 heterocycles. The van der Waals surface area contributed by atoms with E-state index in [1.54, 1.807) is 29.8 Å². The number of thiophene rings is 1. The number of anilines is 2. The minimum absolute atomic E-state index is 0.289. The van der Waals surface area contributed by atoms with Crippen molar-refractivity contribution < 1.29 is 4.39 Å². The van der Waals surface area contributed by atoms with Crippen LogP contribution >= 0.6 is 11.3 Å². The molecule has 0 bridgehead atoms. The van der Waals surface area contributed by atoms with Crippen molar-refractivity contribution in [3.05, 3.63) is 65.6 Å². The molecule has 0 amide bonds. The summed E-state index contributed by atoms with van der Waals surface area (Å²) in [6.45, 7) is 2.11. The number of hydrogen-bond donors (Lipinski definition) is 1. The Labute approximate surface area is 148 Å². The van der Waals surface area contributed by atoms with Crippen LogP contribution in [0.5, 0.6) is 0 Å². The van der Waals surface area contributed by atoms with Crippen molar-refractivity contribution in [2.75, 3.05) is 5.32 Å². The number of aryl methyl sites for hydroxylation is 1. The molecule has 0 unspecified atom stereocenters. The number of nitrogens with zero attached hydrogens (tertiary/aromatic N) is 3. The van der Waals surface area contributed by atoms with Crippen LogP contribution in [0, 0.1) is 5.82 Å². The summed E-state index contributed by atoms with van der Waals surface area (Å²) in [5.41, 5.74) is 1.50. The lowest BCUT2D eigenvalue weighted by molar-refractivity contribution is 0.628. The Kier molecular flexibility index (Phi) is 4.11. The summed E-state index contributed by atoms with van der Waals surface area (Å²) in [7, 11) is 0. The van der Waals surface area contributed by atoms with Gasteiger partial charge in [0, 0.05) is 28.5 Å². The van der Waals surface area contributed by atoms with Crippen molar-refractivity contribution in [1.29, 1.82) is 0 Å². The van der Waals surface area contributed by atoms with Crippen LogP contribution in [0.1, 0.15) is 11.8 Å². The second-order valence-corrected chi connectivity index (χ2v) is 6.67. The highest BCUT2D eigenvalue weighted by molar-refractivity contribution is 7.18. The fourth-order valence-corrected chi connectivity index (χ4v) is 3.54. The Hall–Kier alpha value is -2.86. The highest BCUT2D eigenvalue weighted by Gasteiger charge is 2.13. The number of hydrogen-bond acceptors (Lipinski definition) is 5. The van der Waals surface area contributed by atoms with E-state index in [0.717, 1.165) is 22.2 Å². The van der Waals surface area contributed by atoms with E-state index >= 15 is 0 Å². The van der Waals surface area contributed by atoms with E-state index in [-0.39, 0.29) is 5.82 Å². The molecular weight excluding hydrogens is 335 g/mol. The molecule has 6 heteroatoms. The largest absolute Gasteiger partial charge is 0.339 e. The number of benzene rings is 1. The molecular formula is C19H15FN4S. The zero-order valence-electron chi connectivity index (χ0n) is 13.5. The molecule has 0 spiro atoms. The first-order chi connectivity index (χ1) is 12.2. The molecule has 0 aliphatic heterocycles. The average Bonchev–Trinajstić information content (AvgIpc) is 3.06. The van der Waals surface area contributed by atoms with Gasteiger partial charge in [-0.25, -0.2) is 14.4 Å². The Balaban J connectivity index is 1.86. The zero-order valence-corrected chi connectivity index (χ0v) is 14.3. The lowest BCUT2D eigenvalue weighted by atomic mass is 10.2. The Morgan fingerprint density at radius 2 is 2.04 bits per heavy atom.